The lowest BCUT2D eigenvalue weighted by molar-refractivity contribution is -0.139. The Balaban J connectivity index is 2.41. The normalized spacial score (nSPS) is 13.3. The van der Waals surface area contributed by atoms with Crippen molar-refractivity contribution in [2.45, 2.75) is 45.8 Å². The van der Waals surface area contributed by atoms with Gasteiger partial charge in [-0.2, -0.15) is 12.7 Å². The Morgan fingerprint density at radius 3 is 2.12 bits per heavy atom. The molecule has 2 rings (SSSR count). The molecule has 0 heterocycles. The zero-order valence-corrected chi connectivity index (χ0v) is 21.0. The molecule has 0 aromatic heterocycles. The van der Waals surface area contributed by atoms with Crippen LogP contribution in [0.3, 0.4) is 0 Å². The number of benzene rings is 2. The van der Waals surface area contributed by atoms with Gasteiger partial charge < -0.3 is 10.2 Å². The van der Waals surface area contributed by atoms with Crippen molar-refractivity contribution in [2.24, 2.45) is 0 Å². The molecule has 0 saturated carbocycles. The number of carbonyl (C=O) groups is 2. The van der Waals surface area contributed by atoms with Gasteiger partial charge >= 0.3 is 10.2 Å². The van der Waals surface area contributed by atoms with Crippen molar-refractivity contribution in [1.82, 2.24) is 14.5 Å². The molecule has 8 nitrogen and oxygen atoms in total. The summed E-state index contributed by atoms with van der Waals surface area (Å²) in [7, 11) is -1.38. The van der Waals surface area contributed by atoms with Crippen LogP contribution in [0.1, 0.15) is 32.8 Å². The second-order valence-corrected chi connectivity index (χ2v) is 10.3. The molecule has 10 heteroatoms. The predicted molar refractivity (Wildman–Crippen MR) is 131 cm³/mol. The van der Waals surface area contributed by atoms with Gasteiger partial charge in [0.2, 0.25) is 11.8 Å². The molecule has 0 saturated heterocycles. The minimum Gasteiger partial charge on any atom is -0.352 e. The third-order valence-electron chi connectivity index (χ3n) is 5.50. The molecule has 0 aliphatic rings. The van der Waals surface area contributed by atoms with Gasteiger partial charge in [0.15, 0.2) is 0 Å². The van der Waals surface area contributed by atoms with Crippen LogP contribution >= 0.6 is 0 Å². The highest BCUT2D eigenvalue weighted by atomic mass is 32.2. The first kappa shape index (κ1) is 27.3. The highest BCUT2D eigenvalue weighted by Crippen LogP contribution is 2.21. The number of nitrogens with one attached hydrogen (secondary N) is 1. The fraction of sp³-hybridized carbons (Fsp3) is 0.417. The van der Waals surface area contributed by atoms with Crippen molar-refractivity contribution in [1.29, 1.82) is 0 Å². The van der Waals surface area contributed by atoms with E-state index in [4.69, 9.17) is 0 Å². The Hall–Kier alpha value is -2.98. The van der Waals surface area contributed by atoms with Gasteiger partial charge in [0, 0.05) is 26.7 Å². The first-order valence-electron chi connectivity index (χ1n) is 11.1. The van der Waals surface area contributed by atoms with Crippen LogP contribution in [-0.4, -0.2) is 62.2 Å². The van der Waals surface area contributed by atoms with Crippen LogP contribution in [0.25, 0.3) is 0 Å². The largest absolute Gasteiger partial charge is 0.352 e. The van der Waals surface area contributed by atoms with Crippen LogP contribution in [0.15, 0.2) is 54.6 Å². The van der Waals surface area contributed by atoms with E-state index in [2.05, 4.69) is 5.32 Å². The lowest BCUT2D eigenvalue weighted by Gasteiger charge is -2.33. The first-order chi connectivity index (χ1) is 16.0. The van der Waals surface area contributed by atoms with Gasteiger partial charge in [-0.25, -0.2) is 8.70 Å². The summed E-state index contributed by atoms with van der Waals surface area (Å²) in [6.07, 6.45) is 0.727. The van der Waals surface area contributed by atoms with E-state index < -0.39 is 34.5 Å². The average molecular weight is 493 g/mol. The molecule has 0 aliphatic heterocycles. The lowest BCUT2D eigenvalue weighted by atomic mass is 10.1. The van der Waals surface area contributed by atoms with E-state index in [0.29, 0.717) is 0 Å². The quantitative estimate of drug-likeness (QED) is 0.522. The molecule has 2 atom stereocenters. The topological polar surface area (TPSA) is 90.0 Å². The molecule has 186 valence electrons. The minimum atomic E-state index is -4.08. The first-order valence-corrected chi connectivity index (χ1v) is 12.5. The molecule has 2 aromatic rings. The molecular formula is C24H33FN4O4S. The lowest BCUT2D eigenvalue weighted by Crippen LogP contribution is -2.53. The number of anilines is 1. The van der Waals surface area contributed by atoms with Crippen LogP contribution in [0.2, 0.25) is 0 Å². The van der Waals surface area contributed by atoms with Crippen LogP contribution in [0.4, 0.5) is 10.1 Å². The van der Waals surface area contributed by atoms with Crippen molar-refractivity contribution in [2.75, 3.05) is 24.9 Å². The number of nitrogens with zero attached hydrogens (tertiary/aromatic N) is 3. The highest BCUT2D eigenvalue weighted by molar-refractivity contribution is 7.90. The molecular weight excluding hydrogens is 459 g/mol. The molecule has 2 amide bonds. The molecule has 1 N–H and O–H groups in total. The number of amides is 2. The Morgan fingerprint density at radius 2 is 1.59 bits per heavy atom. The smallest absolute Gasteiger partial charge is 0.304 e. The molecule has 0 bridgehead atoms. The van der Waals surface area contributed by atoms with Gasteiger partial charge in [-0.15, -0.1) is 0 Å². The summed E-state index contributed by atoms with van der Waals surface area (Å²) in [5, 5.41) is 2.88. The number of rotatable bonds is 11. The van der Waals surface area contributed by atoms with Gasteiger partial charge in [0.25, 0.3) is 0 Å². The summed E-state index contributed by atoms with van der Waals surface area (Å²) >= 11 is 0. The van der Waals surface area contributed by atoms with Crippen molar-refractivity contribution in [3.05, 3.63) is 66.0 Å². The zero-order chi connectivity index (χ0) is 25.5. The molecule has 0 radical (unpaired) electrons. The zero-order valence-electron chi connectivity index (χ0n) is 20.2. The van der Waals surface area contributed by atoms with Crippen molar-refractivity contribution in [3.63, 3.8) is 0 Å². The summed E-state index contributed by atoms with van der Waals surface area (Å²) < 4.78 is 41.4. The summed E-state index contributed by atoms with van der Waals surface area (Å²) in [5.74, 6) is -1.42. The summed E-state index contributed by atoms with van der Waals surface area (Å²) in [6.45, 7) is 4.98. The van der Waals surface area contributed by atoms with E-state index in [1.807, 2.05) is 44.2 Å². The van der Waals surface area contributed by atoms with Crippen LogP contribution in [0.5, 0.6) is 0 Å². The van der Waals surface area contributed by atoms with E-state index in [0.717, 1.165) is 32.7 Å². The predicted octanol–water partition coefficient (Wildman–Crippen LogP) is 2.77. The molecule has 0 spiro atoms. The van der Waals surface area contributed by atoms with Crippen molar-refractivity contribution in [3.8, 4) is 0 Å². The maximum Gasteiger partial charge on any atom is 0.304 e. The van der Waals surface area contributed by atoms with Crippen molar-refractivity contribution < 1.29 is 22.4 Å². The Labute approximate surface area is 201 Å². The average Bonchev–Trinajstić information content (AvgIpc) is 2.81. The van der Waals surface area contributed by atoms with Crippen molar-refractivity contribution >= 4 is 27.7 Å². The van der Waals surface area contributed by atoms with Crippen LogP contribution in [-0.2, 0) is 26.3 Å². The van der Waals surface area contributed by atoms with Gasteiger partial charge in [0.1, 0.15) is 18.4 Å². The fourth-order valence-electron chi connectivity index (χ4n) is 3.15. The highest BCUT2D eigenvalue weighted by Gasteiger charge is 2.32. The third kappa shape index (κ3) is 7.01. The van der Waals surface area contributed by atoms with Gasteiger partial charge in [-0.1, -0.05) is 37.3 Å². The second kappa shape index (κ2) is 11.9. The summed E-state index contributed by atoms with van der Waals surface area (Å²) in [5.41, 5.74) is 0.933. The Kier molecular flexibility index (Phi) is 9.57. The second-order valence-electron chi connectivity index (χ2n) is 8.27. The van der Waals surface area contributed by atoms with E-state index in [-0.39, 0.29) is 24.2 Å². The molecule has 0 unspecified atom stereocenters. The Bertz CT molecular complexity index is 1060. The molecule has 2 aromatic carbocycles. The minimum absolute atomic E-state index is 0.0755. The van der Waals surface area contributed by atoms with E-state index in [9.17, 15) is 22.4 Å². The molecule has 0 fully saturated rings. The SMILES string of the molecule is CC[C@H](C)NC(=O)[C@@H](C)N(Cc1ccccc1)C(=O)CN(c1ccc(F)cc1)S(=O)(=O)N(C)C. The number of hydrogen-bond acceptors (Lipinski definition) is 4. The monoisotopic (exact) mass is 492 g/mol. The maximum atomic E-state index is 13.5. The van der Waals surface area contributed by atoms with Crippen LogP contribution in [0, 0.1) is 5.82 Å². The van der Waals surface area contributed by atoms with E-state index in [1.165, 1.54) is 31.1 Å². The van der Waals surface area contributed by atoms with E-state index in [1.54, 1.807) is 6.92 Å². The van der Waals surface area contributed by atoms with E-state index >= 15 is 0 Å². The fourth-order valence-corrected chi connectivity index (χ4v) is 4.21. The Morgan fingerprint density at radius 1 is 1.00 bits per heavy atom. The number of carbonyl (C=O) groups excluding carboxylic acids is 2. The van der Waals surface area contributed by atoms with Gasteiger partial charge in [-0.05, 0) is 50.1 Å². The third-order valence-corrected chi connectivity index (χ3v) is 7.32. The number of halogens is 1. The van der Waals surface area contributed by atoms with Gasteiger partial charge in [-0.3, -0.25) is 9.59 Å². The molecule has 0 aliphatic carbocycles. The van der Waals surface area contributed by atoms with Gasteiger partial charge in [0.05, 0.1) is 5.69 Å². The van der Waals surface area contributed by atoms with Crippen LogP contribution < -0.4 is 9.62 Å². The number of hydrogen-bond donors (Lipinski definition) is 1. The summed E-state index contributed by atoms with van der Waals surface area (Å²) in [6, 6.07) is 13.1. The molecule has 34 heavy (non-hydrogen) atoms. The summed E-state index contributed by atoms with van der Waals surface area (Å²) in [4.78, 5) is 27.7. The maximum absolute atomic E-state index is 13.5. The standard InChI is InChI=1S/C24H33FN4O4S/c1-6-18(2)26-24(31)19(3)28(16-20-10-8-7-9-11-20)23(30)17-29(34(32,33)27(4)5)22-14-12-21(25)13-15-22/h7-15,18-19H,6,16-17H2,1-5H3,(H,26,31)/t18-,19+/m0/s1.